The van der Waals surface area contributed by atoms with Crippen LogP contribution < -0.4 is 4.90 Å². The van der Waals surface area contributed by atoms with Gasteiger partial charge in [-0.1, -0.05) is 24.3 Å². The molecule has 0 unspecified atom stereocenters. The molecule has 30 heavy (non-hydrogen) atoms. The Bertz CT molecular complexity index is 1060. The number of aromatic carboxylic acids is 1. The zero-order chi connectivity index (χ0) is 22.1. The molecule has 1 aromatic heterocycles. The van der Waals surface area contributed by atoms with Gasteiger partial charge in [-0.2, -0.15) is 0 Å². The minimum absolute atomic E-state index is 0.0316. The summed E-state index contributed by atoms with van der Waals surface area (Å²) in [5.41, 5.74) is 1.81. The number of nitrogens with zero attached hydrogens (tertiary/aromatic N) is 4. The van der Waals surface area contributed by atoms with Crippen molar-refractivity contribution >= 4 is 23.0 Å². The number of benzene rings is 2. The standard InChI is InChI=1S/C22H26F2N4O2/c1-22(23,24)17-8-6-5-7-16(17)14-28-19-10-9-15(20(29)30)13-18(19)25-21(28)27(4)12-11-26(2)3/h5-10,13H,11-12,14H2,1-4H3,(H,29,30). The zero-order valence-corrected chi connectivity index (χ0v) is 17.6. The van der Waals surface area contributed by atoms with E-state index >= 15 is 0 Å². The zero-order valence-electron chi connectivity index (χ0n) is 17.6. The van der Waals surface area contributed by atoms with Crippen LogP contribution in [0.1, 0.15) is 28.4 Å². The van der Waals surface area contributed by atoms with E-state index in [1.165, 1.54) is 18.2 Å². The number of anilines is 1. The first-order valence-corrected chi connectivity index (χ1v) is 9.63. The van der Waals surface area contributed by atoms with E-state index < -0.39 is 11.9 Å². The molecule has 0 fully saturated rings. The molecule has 0 amide bonds. The number of hydrogen-bond donors (Lipinski definition) is 1. The van der Waals surface area contributed by atoms with Crippen molar-refractivity contribution in [2.45, 2.75) is 19.4 Å². The average molecular weight is 416 g/mol. The van der Waals surface area contributed by atoms with Crippen LogP contribution in [0, 0.1) is 0 Å². The van der Waals surface area contributed by atoms with Crippen LogP contribution in [0.25, 0.3) is 11.0 Å². The second-order valence-electron chi connectivity index (χ2n) is 7.78. The van der Waals surface area contributed by atoms with Crippen molar-refractivity contribution in [1.29, 1.82) is 0 Å². The molecule has 0 radical (unpaired) electrons. The van der Waals surface area contributed by atoms with E-state index in [4.69, 9.17) is 0 Å². The van der Waals surface area contributed by atoms with Crippen molar-refractivity contribution in [3.8, 4) is 0 Å². The third-order valence-electron chi connectivity index (χ3n) is 5.02. The number of rotatable bonds is 8. The summed E-state index contributed by atoms with van der Waals surface area (Å²) in [5, 5.41) is 9.30. The molecule has 3 aromatic rings. The molecule has 0 saturated carbocycles. The number of halogens is 2. The molecule has 0 aliphatic carbocycles. The second kappa shape index (κ2) is 8.39. The number of imidazole rings is 1. The molecule has 2 aromatic carbocycles. The van der Waals surface area contributed by atoms with Crippen molar-refractivity contribution in [2.24, 2.45) is 0 Å². The van der Waals surface area contributed by atoms with E-state index in [1.54, 1.807) is 24.3 Å². The van der Waals surface area contributed by atoms with Crippen molar-refractivity contribution in [3.63, 3.8) is 0 Å². The maximum absolute atomic E-state index is 14.2. The third kappa shape index (κ3) is 4.59. The van der Waals surface area contributed by atoms with Crippen LogP contribution >= 0.6 is 0 Å². The summed E-state index contributed by atoms with van der Waals surface area (Å²) in [4.78, 5) is 20.0. The fourth-order valence-corrected chi connectivity index (χ4v) is 3.40. The lowest BCUT2D eigenvalue weighted by Crippen LogP contribution is -2.30. The predicted molar refractivity (Wildman–Crippen MR) is 114 cm³/mol. The first kappa shape index (κ1) is 21.7. The van der Waals surface area contributed by atoms with E-state index in [-0.39, 0.29) is 17.7 Å². The quantitative estimate of drug-likeness (QED) is 0.604. The number of carboxylic acid groups (broad SMARTS) is 1. The maximum Gasteiger partial charge on any atom is 0.335 e. The van der Waals surface area contributed by atoms with Crippen molar-refractivity contribution < 1.29 is 18.7 Å². The van der Waals surface area contributed by atoms with Crippen LogP contribution in [0.15, 0.2) is 42.5 Å². The van der Waals surface area contributed by atoms with Gasteiger partial charge in [-0.15, -0.1) is 0 Å². The molecule has 0 aliphatic heterocycles. The molecule has 8 heteroatoms. The molecule has 0 atom stereocenters. The Labute approximate surface area is 174 Å². The Balaban J connectivity index is 2.12. The number of alkyl halides is 2. The topological polar surface area (TPSA) is 61.6 Å². The molecule has 0 spiro atoms. The highest BCUT2D eigenvalue weighted by atomic mass is 19.3. The van der Waals surface area contributed by atoms with E-state index in [2.05, 4.69) is 4.98 Å². The molecular formula is C22H26F2N4O2. The smallest absolute Gasteiger partial charge is 0.335 e. The molecule has 1 heterocycles. The Hall–Kier alpha value is -3.00. The highest BCUT2D eigenvalue weighted by Crippen LogP contribution is 2.32. The molecule has 0 saturated heterocycles. The molecule has 6 nitrogen and oxygen atoms in total. The van der Waals surface area contributed by atoms with Gasteiger partial charge < -0.3 is 19.5 Å². The van der Waals surface area contributed by atoms with Gasteiger partial charge in [0.2, 0.25) is 5.95 Å². The van der Waals surface area contributed by atoms with E-state index in [0.29, 0.717) is 29.1 Å². The minimum Gasteiger partial charge on any atom is -0.478 e. The van der Waals surface area contributed by atoms with Gasteiger partial charge in [0.25, 0.3) is 5.92 Å². The van der Waals surface area contributed by atoms with E-state index in [9.17, 15) is 18.7 Å². The van der Waals surface area contributed by atoms with Crippen LogP contribution in [-0.2, 0) is 12.5 Å². The van der Waals surface area contributed by atoms with Crippen LogP contribution in [-0.4, -0.2) is 59.8 Å². The van der Waals surface area contributed by atoms with E-state index in [1.807, 2.05) is 35.5 Å². The van der Waals surface area contributed by atoms with E-state index in [0.717, 1.165) is 13.5 Å². The Morgan fingerprint density at radius 1 is 1.13 bits per heavy atom. The largest absolute Gasteiger partial charge is 0.478 e. The molecular weight excluding hydrogens is 390 g/mol. The molecule has 0 bridgehead atoms. The van der Waals surface area contributed by atoms with Gasteiger partial charge >= 0.3 is 5.97 Å². The molecule has 0 aliphatic rings. The SMILES string of the molecule is CN(C)CCN(C)c1nc2cc(C(=O)O)ccc2n1Cc1ccccc1C(C)(F)F. The average Bonchev–Trinajstić information content (AvgIpc) is 3.03. The normalized spacial score (nSPS) is 12.0. The van der Waals surface area contributed by atoms with Crippen LogP contribution in [0.3, 0.4) is 0 Å². The molecule has 160 valence electrons. The summed E-state index contributed by atoms with van der Waals surface area (Å²) in [6.45, 7) is 2.54. The highest BCUT2D eigenvalue weighted by Gasteiger charge is 2.28. The van der Waals surface area contributed by atoms with Gasteiger partial charge in [0, 0.05) is 32.6 Å². The lowest BCUT2D eigenvalue weighted by Gasteiger charge is -2.23. The lowest BCUT2D eigenvalue weighted by molar-refractivity contribution is 0.0164. The van der Waals surface area contributed by atoms with Gasteiger partial charge in [-0.3, -0.25) is 0 Å². The summed E-state index contributed by atoms with van der Waals surface area (Å²) in [6, 6.07) is 11.2. The summed E-state index contributed by atoms with van der Waals surface area (Å²) in [7, 11) is 5.82. The number of hydrogen-bond acceptors (Lipinski definition) is 4. The van der Waals surface area contributed by atoms with Crippen molar-refractivity contribution in [1.82, 2.24) is 14.5 Å². The first-order valence-electron chi connectivity index (χ1n) is 9.63. The third-order valence-corrected chi connectivity index (χ3v) is 5.02. The number of carbonyl (C=O) groups is 1. The van der Waals surface area contributed by atoms with Gasteiger partial charge in [0.05, 0.1) is 23.1 Å². The monoisotopic (exact) mass is 416 g/mol. The number of aromatic nitrogens is 2. The summed E-state index contributed by atoms with van der Waals surface area (Å²) in [6.07, 6.45) is 0. The van der Waals surface area contributed by atoms with Crippen molar-refractivity contribution in [2.75, 3.05) is 39.1 Å². The summed E-state index contributed by atoms with van der Waals surface area (Å²) in [5.74, 6) is -3.41. The van der Waals surface area contributed by atoms with Gasteiger partial charge in [-0.05, 0) is 37.9 Å². The fraction of sp³-hybridized carbons (Fsp3) is 0.364. The summed E-state index contributed by atoms with van der Waals surface area (Å²) < 4.78 is 30.2. The second-order valence-corrected chi connectivity index (χ2v) is 7.78. The van der Waals surface area contributed by atoms with Gasteiger partial charge in [0.1, 0.15) is 0 Å². The fourth-order valence-electron chi connectivity index (χ4n) is 3.40. The van der Waals surface area contributed by atoms with Crippen LogP contribution in [0.4, 0.5) is 14.7 Å². The Morgan fingerprint density at radius 3 is 2.47 bits per heavy atom. The van der Waals surface area contributed by atoms with Crippen LogP contribution in [0.2, 0.25) is 0 Å². The maximum atomic E-state index is 14.2. The predicted octanol–water partition coefficient (Wildman–Crippen LogP) is 3.89. The highest BCUT2D eigenvalue weighted by molar-refractivity contribution is 5.93. The number of fused-ring (bicyclic) bond motifs is 1. The first-order chi connectivity index (χ1) is 14.1. The van der Waals surface area contributed by atoms with Gasteiger partial charge in [0.15, 0.2) is 0 Å². The van der Waals surface area contributed by atoms with Gasteiger partial charge in [-0.25, -0.2) is 18.6 Å². The lowest BCUT2D eigenvalue weighted by atomic mass is 10.0. The molecule has 3 rings (SSSR count). The Morgan fingerprint density at radius 2 is 1.83 bits per heavy atom. The molecule has 1 N–H and O–H groups in total. The number of carboxylic acids is 1. The summed E-state index contributed by atoms with van der Waals surface area (Å²) >= 11 is 0. The minimum atomic E-state index is -2.97. The van der Waals surface area contributed by atoms with Crippen LogP contribution in [0.5, 0.6) is 0 Å². The van der Waals surface area contributed by atoms with Crippen molar-refractivity contribution in [3.05, 3.63) is 59.2 Å². The Kier molecular flexibility index (Phi) is 6.07. The number of likely N-dealkylation sites (N-methyl/N-ethyl adjacent to an activating group) is 2.